The van der Waals surface area contributed by atoms with Crippen LogP contribution in [0.15, 0.2) is 0 Å². The van der Waals surface area contributed by atoms with E-state index >= 15 is 0 Å². The second-order valence-corrected chi connectivity index (χ2v) is 4.18. The zero-order valence-corrected chi connectivity index (χ0v) is 13.1. The van der Waals surface area contributed by atoms with Crippen molar-refractivity contribution in [3.63, 3.8) is 0 Å². The number of aromatic nitrogens is 2. The van der Waals surface area contributed by atoms with E-state index in [9.17, 15) is 14.9 Å². The molecule has 0 atom stereocenters. The Bertz CT molecular complexity index is 553. The molecule has 0 aliphatic rings. The lowest BCUT2D eigenvalue weighted by Gasteiger charge is -2.11. The van der Waals surface area contributed by atoms with E-state index in [2.05, 4.69) is 25.3 Å². The molecule has 23 heavy (non-hydrogen) atoms. The minimum absolute atomic E-state index is 0.0490. The van der Waals surface area contributed by atoms with E-state index in [1.165, 1.54) is 14.2 Å². The summed E-state index contributed by atoms with van der Waals surface area (Å²) in [6.45, 7) is 1.32. The smallest absolute Gasteiger partial charge is 0.364 e. The van der Waals surface area contributed by atoms with Crippen molar-refractivity contribution < 1.29 is 23.9 Å². The highest BCUT2D eigenvalue weighted by Gasteiger charge is 2.30. The Balaban J connectivity index is 3.21. The molecule has 1 aromatic rings. The summed E-state index contributed by atoms with van der Waals surface area (Å²) in [5, 5.41) is 16.8. The number of anilines is 2. The fourth-order valence-corrected chi connectivity index (χ4v) is 1.61. The van der Waals surface area contributed by atoms with E-state index in [-0.39, 0.29) is 18.3 Å². The maximum absolute atomic E-state index is 11.8. The molecule has 11 heteroatoms. The van der Waals surface area contributed by atoms with Gasteiger partial charge in [0.05, 0.1) is 25.2 Å². The summed E-state index contributed by atoms with van der Waals surface area (Å²) in [6, 6.07) is 0. The van der Waals surface area contributed by atoms with Crippen LogP contribution < -0.4 is 10.6 Å². The number of nitro groups is 1. The number of rotatable bonds is 10. The fourth-order valence-electron chi connectivity index (χ4n) is 1.61. The van der Waals surface area contributed by atoms with Gasteiger partial charge in [-0.2, -0.15) is 9.97 Å². The Labute approximate surface area is 132 Å². The topological polar surface area (TPSA) is 138 Å². The van der Waals surface area contributed by atoms with Crippen molar-refractivity contribution in [1.82, 2.24) is 9.97 Å². The number of nitrogens with zero attached hydrogens (tertiary/aromatic N) is 3. The number of hydrogen-bond acceptors (Lipinski definition) is 10. The fraction of sp³-hybridized carbons (Fsp3) is 0.583. The van der Waals surface area contributed by atoms with Crippen molar-refractivity contribution in [2.75, 3.05) is 58.3 Å². The predicted molar refractivity (Wildman–Crippen MR) is 80.8 cm³/mol. The molecule has 2 N–H and O–H groups in total. The molecule has 0 aliphatic heterocycles. The van der Waals surface area contributed by atoms with Gasteiger partial charge in [-0.25, -0.2) is 4.79 Å². The molecule has 11 nitrogen and oxygen atoms in total. The molecule has 0 aromatic carbocycles. The molecule has 0 unspecified atom stereocenters. The lowest BCUT2D eigenvalue weighted by molar-refractivity contribution is -0.384. The lowest BCUT2D eigenvalue weighted by Crippen LogP contribution is -2.18. The van der Waals surface area contributed by atoms with Crippen LogP contribution in [0.3, 0.4) is 0 Å². The van der Waals surface area contributed by atoms with Crippen molar-refractivity contribution in [2.45, 2.75) is 0 Å². The van der Waals surface area contributed by atoms with Gasteiger partial charge in [0.2, 0.25) is 17.5 Å². The van der Waals surface area contributed by atoms with E-state index < -0.39 is 22.3 Å². The van der Waals surface area contributed by atoms with E-state index in [1.807, 2.05) is 0 Å². The second-order valence-electron chi connectivity index (χ2n) is 4.18. The minimum atomic E-state index is -0.927. The summed E-state index contributed by atoms with van der Waals surface area (Å²) in [5.74, 6) is -0.973. The number of ether oxygens (including phenoxy) is 3. The van der Waals surface area contributed by atoms with Gasteiger partial charge in [0.15, 0.2) is 0 Å². The molecule has 0 spiro atoms. The van der Waals surface area contributed by atoms with Gasteiger partial charge in [-0.15, -0.1) is 0 Å². The van der Waals surface area contributed by atoms with Crippen molar-refractivity contribution in [3.8, 4) is 0 Å². The molecule has 1 heterocycles. The number of nitrogens with one attached hydrogen (secondary N) is 2. The van der Waals surface area contributed by atoms with Gasteiger partial charge in [0, 0.05) is 27.3 Å². The maximum atomic E-state index is 11.8. The van der Waals surface area contributed by atoms with E-state index in [0.29, 0.717) is 19.8 Å². The van der Waals surface area contributed by atoms with Gasteiger partial charge in [0.25, 0.3) is 0 Å². The summed E-state index contributed by atoms with van der Waals surface area (Å²) in [7, 11) is 4.13. The number of carbonyl (C=O) groups excluding carboxylic acids is 1. The molecule has 1 aromatic heterocycles. The molecule has 0 saturated heterocycles. The third-order valence-electron chi connectivity index (χ3n) is 2.63. The molecule has 0 radical (unpaired) electrons. The van der Waals surface area contributed by atoms with Crippen LogP contribution in [-0.4, -0.2) is 68.5 Å². The first-order valence-corrected chi connectivity index (χ1v) is 6.65. The van der Waals surface area contributed by atoms with Gasteiger partial charge in [-0.05, 0) is 0 Å². The molecule has 0 amide bonds. The van der Waals surface area contributed by atoms with Crippen LogP contribution in [0.4, 0.5) is 17.5 Å². The van der Waals surface area contributed by atoms with Crippen LogP contribution in [-0.2, 0) is 14.2 Å². The average molecular weight is 329 g/mol. The van der Waals surface area contributed by atoms with Crippen molar-refractivity contribution >= 4 is 23.4 Å². The van der Waals surface area contributed by atoms with E-state index in [0.717, 1.165) is 7.11 Å². The van der Waals surface area contributed by atoms with Gasteiger partial charge in [-0.3, -0.25) is 10.1 Å². The second kappa shape index (κ2) is 9.48. The molecular formula is C12H19N5O6. The van der Waals surface area contributed by atoms with Crippen molar-refractivity contribution in [2.24, 2.45) is 0 Å². The molecule has 0 fully saturated rings. The molecule has 128 valence electrons. The number of hydrogen-bond donors (Lipinski definition) is 2. The summed E-state index contributed by atoms with van der Waals surface area (Å²) in [6.07, 6.45) is 0. The first-order chi connectivity index (χ1) is 11.0. The Morgan fingerprint density at radius 1 is 1.13 bits per heavy atom. The Morgan fingerprint density at radius 3 is 2.26 bits per heavy atom. The molecule has 0 bridgehead atoms. The summed E-state index contributed by atoms with van der Waals surface area (Å²) in [4.78, 5) is 30.2. The first kappa shape index (κ1) is 18.5. The van der Waals surface area contributed by atoms with Gasteiger partial charge >= 0.3 is 11.7 Å². The zero-order valence-electron chi connectivity index (χ0n) is 13.1. The van der Waals surface area contributed by atoms with Crippen molar-refractivity contribution in [3.05, 3.63) is 15.8 Å². The zero-order chi connectivity index (χ0) is 17.2. The third-order valence-corrected chi connectivity index (χ3v) is 2.63. The summed E-state index contributed by atoms with van der Waals surface area (Å²) in [5.41, 5.74) is -0.988. The van der Waals surface area contributed by atoms with Gasteiger partial charge < -0.3 is 24.8 Å². The Kier molecular flexibility index (Phi) is 7.63. The third kappa shape index (κ3) is 5.30. The number of methoxy groups -OCH3 is 3. The highest BCUT2D eigenvalue weighted by atomic mass is 16.6. The van der Waals surface area contributed by atoms with Crippen LogP contribution in [0.1, 0.15) is 10.5 Å². The van der Waals surface area contributed by atoms with Crippen LogP contribution >= 0.6 is 0 Å². The molecule has 0 aliphatic carbocycles. The molecule has 0 saturated carbocycles. The average Bonchev–Trinajstić information content (AvgIpc) is 2.53. The van der Waals surface area contributed by atoms with Crippen LogP contribution in [0, 0.1) is 10.1 Å². The number of carbonyl (C=O) groups is 1. The minimum Gasteiger partial charge on any atom is -0.464 e. The Morgan fingerprint density at radius 2 is 1.74 bits per heavy atom. The standard InChI is InChI=1S/C12H19N5O6/c1-21-6-4-13-10-9(17(19)20)8(11(18)23-3)15-12(16-10)14-5-7-22-2/h4-7H2,1-3H3,(H2,13,14,15,16). The number of esters is 1. The normalized spacial score (nSPS) is 10.2. The quantitative estimate of drug-likeness (QED) is 0.266. The SMILES string of the molecule is COCCNc1nc(NCCOC)c([N+](=O)[O-])c(C(=O)OC)n1. The van der Waals surface area contributed by atoms with E-state index in [1.54, 1.807) is 0 Å². The van der Waals surface area contributed by atoms with Crippen LogP contribution in [0.5, 0.6) is 0 Å². The van der Waals surface area contributed by atoms with Gasteiger partial charge in [-0.1, -0.05) is 0 Å². The predicted octanol–water partition coefficient (Wildman–Crippen LogP) is 0.288. The largest absolute Gasteiger partial charge is 0.464 e. The highest BCUT2D eigenvalue weighted by Crippen LogP contribution is 2.27. The summed E-state index contributed by atoms with van der Waals surface area (Å²) >= 11 is 0. The van der Waals surface area contributed by atoms with Crippen LogP contribution in [0.2, 0.25) is 0 Å². The molecular weight excluding hydrogens is 310 g/mol. The molecule has 1 rings (SSSR count). The Hall–Kier alpha value is -2.53. The van der Waals surface area contributed by atoms with Gasteiger partial charge in [0.1, 0.15) is 0 Å². The first-order valence-electron chi connectivity index (χ1n) is 6.65. The van der Waals surface area contributed by atoms with E-state index in [4.69, 9.17) is 9.47 Å². The maximum Gasteiger partial charge on any atom is 0.364 e. The van der Waals surface area contributed by atoms with Crippen molar-refractivity contribution in [1.29, 1.82) is 0 Å². The summed E-state index contributed by atoms with van der Waals surface area (Å²) < 4.78 is 14.3. The van der Waals surface area contributed by atoms with Crippen LogP contribution in [0.25, 0.3) is 0 Å². The highest BCUT2D eigenvalue weighted by molar-refractivity contribution is 5.94. The lowest BCUT2D eigenvalue weighted by atomic mass is 10.3. The monoisotopic (exact) mass is 329 g/mol.